The van der Waals surface area contributed by atoms with Gasteiger partial charge in [0.25, 0.3) is 0 Å². The molecule has 0 fully saturated rings. The summed E-state index contributed by atoms with van der Waals surface area (Å²) in [6, 6.07) is 0. The van der Waals surface area contributed by atoms with Gasteiger partial charge in [-0.25, -0.2) is 0 Å². The first-order chi connectivity index (χ1) is 34.0. The maximum atomic E-state index is 12.9. The average molecular weight is 964 g/mol. The van der Waals surface area contributed by atoms with Crippen molar-refractivity contribution in [3.63, 3.8) is 0 Å². The lowest BCUT2D eigenvalue weighted by atomic mass is 10.1. The van der Waals surface area contributed by atoms with Gasteiger partial charge in [-0.3, -0.25) is 14.4 Å². The smallest absolute Gasteiger partial charge is 0.306 e. The maximum absolute atomic E-state index is 12.9. The van der Waals surface area contributed by atoms with Gasteiger partial charge >= 0.3 is 17.9 Å². The molecule has 1 atom stereocenters. The molecule has 0 rings (SSSR count). The normalized spacial score (nSPS) is 12.6. The standard InChI is InChI=1S/C63H110O6/c1-4-7-10-13-16-19-22-25-28-30-32-35-38-41-44-47-50-53-56-62(65)68-59-60(58-67-61(64)55-52-49-46-43-40-37-34-27-24-21-18-15-12-9-6-3)69-63(66)57-54-51-48-45-42-39-36-33-31-29-26-23-20-17-14-11-8-5-2/h18,21-22,24-25,27-28,30,32-33,35-36,60H,4-17,19-20,23,26,29,31,34,37-59H2,1-3H3/b21-18-,25-22-,27-24-,30-28-,35-32-,36-33-. The van der Waals surface area contributed by atoms with E-state index in [9.17, 15) is 14.4 Å². The van der Waals surface area contributed by atoms with Gasteiger partial charge in [0.2, 0.25) is 0 Å². The predicted octanol–water partition coefficient (Wildman–Crippen LogP) is 19.8. The minimum absolute atomic E-state index is 0.0912. The molecule has 0 aromatic carbocycles. The van der Waals surface area contributed by atoms with Gasteiger partial charge < -0.3 is 14.2 Å². The fourth-order valence-corrected chi connectivity index (χ4v) is 8.25. The van der Waals surface area contributed by atoms with Crippen molar-refractivity contribution in [3.05, 3.63) is 72.9 Å². The van der Waals surface area contributed by atoms with Crippen molar-refractivity contribution in [1.29, 1.82) is 0 Å². The molecule has 0 amide bonds. The third-order valence-electron chi connectivity index (χ3n) is 12.7. The molecule has 0 bridgehead atoms. The number of carbonyl (C=O) groups is 3. The largest absolute Gasteiger partial charge is 0.462 e. The Morgan fingerprint density at radius 1 is 0.290 bits per heavy atom. The highest BCUT2D eigenvalue weighted by Crippen LogP contribution is 2.15. The Morgan fingerprint density at radius 3 is 0.884 bits per heavy atom. The van der Waals surface area contributed by atoms with Gasteiger partial charge in [0.05, 0.1) is 0 Å². The fraction of sp³-hybridized carbons (Fsp3) is 0.762. The monoisotopic (exact) mass is 963 g/mol. The molecule has 69 heavy (non-hydrogen) atoms. The second kappa shape index (κ2) is 57.4. The lowest BCUT2D eigenvalue weighted by Crippen LogP contribution is -2.30. The highest BCUT2D eigenvalue weighted by atomic mass is 16.6. The Kier molecular flexibility index (Phi) is 54.8. The molecule has 0 spiro atoms. The van der Waals surface area contributed by atoms with E-state index in [1.807, 2.05) is 0 Å². The Hall–Kier alpha value is -3.15. The molecular formula is C63H110O6. The number of rotatable bonds is 53. The van der Waals surface area contributed by atoms with E-state index >= 15 is 0 Å². The molecule has 1 unspecified atom stereocenters. The van der Waals surface area contributed by atoms with Crippen LogP contribution < -0.4 is 0 Å². The SMILES string of the molecule is CCCCC/C=C\C=C/CCCCCCCCC(=O)OCC(COC(=O)CCCCCCC\C=C/C=C\C=C/CCCCCCC)OC(=O)CCCCCCC/C=C\CCCCCCCCCCC. The van der Waals surface area contributed by atoms with Crippen molar-refractivity contribution in [1.82, 2.24) is 0 Å². The van der Waals surface area contributed by atoms with Crippen molar-refractivity contribution in [2.75, 3.05) is 13.2 Å². The van der Waals surface area contributed by atoms with E-state index in [0.717, 1.165) is 96.3 Å². The van der Waals surface area contributed by atoms with E-state index in [2.05, 4.69) is 93.7 Å². The Bertz CT molecular complexity index is 1290. The van der Waals surface area contributed by atoms with Crippen LogP contribution in [-0.4, -0.2) is 37.2 Å². The van der Waals surface area contributed by atoms with Crippen LogP contribution in [0.1, 0.15) is 290 Å². The van der Waals surface area contributed by atoms with Gasteiger partial charge in [0, 0.05) is 19.3 Å². The Balaban J connectivity index is 4.44. The van der Waals surface area contributed by atoms with E-state index in [-0.39, 0.29) is 31.1 Å². The molecular weight excluding hydrogens is 853 g/mol. The summed E-state index contributed by atoms with van der Waals surface area (Å²) in [5, 5.41) is 0. The number of unbranched alkanes of at least 4 members (excludes halogenated alkanes) is 33. The molecule has 0 aromatic rings. The van der Waals surface area contributed by atoms with Gasteiger partial charge in [0.15, 0.2) is 6.10 Å². The van der Waals surface area contributed by atoms with Crippen molar-refractivity contribution in [2.24, 2.45) is 0 Å². The fourth-order valence-electron chi connectivity index (χ4n) is 8.25. The zero-order valence-corrected chi connectivity index (χ0v) is 45.6. The van der Waals surface area contributed by atoms with Gasteiger partial charge in [-0.1, -0.05) is 248 Å². The number of carbonyl (C=O) groups excluding carboxylic acids is 3. The van der Waals surface area contributed by atoms with E-state index in [0.29, 0.717) is 19.3 Å². The van der Waals surface area contributed by atoms with Gasteiger partial charge in [-0.05, 0) is 96.3 Å². The second-order valence-electron chi connectivity index (χ2n) is 19.6. The van der Waals surface area contributed by atoms with Crippen LogP contribution in [0.4, 0.5) is 0 Å². The molecule has 0 aromatic heterocycles. The summed E-state index contributed by atoms with van der Waals surface area (Å²) in [7, 11) is 0. The third-order valence-corrected chi connectivity index (χ3v) is 12.7. The predicted molar refractivity (Wildman–Crippen MR) is 298 cm³/mol. The summed E-state index contributed by atoms with van der Waals surface area (Å²) in [5.41, 5.74) is 0. The number of allylic oxidation sites excluding steroid dienone is 12. The molecule has 6 nitrogen and oxygen atoms in total. The molecule has 0 saturated heterocycles. The van der Waals surface area contributed by atoms with Crippen LogP contribution in [0.2, 0.25) is 0 Å². The van der Waals surface area contributed by atoms with Crippen LogP contribution in [0.25, 0.3) is 0 Å². The summed E-state index contributed by atoms with van der Waals surface area (Å²) >= 11 is 0. The Labute approximate surface area is 427 Å². The summed E-state index contributed by atoms with van der Waals surface area (Å²) < 4.78 is 16.9. The van der Waals surface area contributed by atoms with E-state index in [1.165, 1.54) is 154 Å². The van der Waals surface area contributed by atoms with E-state index in [4.69, 9.17) is 14.2 Å². The Morgan fingerprint density at radius 2 is 0.536 bits per heavy atom. The molecule has 0 saturated carbocycles. The number of esters is 3. The van der Waals surface area contributed by atoms with E-state index < -0.39 is 6.10 Å². The van der Waals surface area contributed by atoms with Crippen molar-refractivity contribution in [3.8, 4) is 0 Å². The van der Waals surface area contributed by atoms with Crippen LogP contribution in [0.15, 0.2) is 72.9 Å². The minimum atomic E-state index is -0.794. The summed E-state index contributed by atoms with van der Waals surface area (Å²) in [6.07, 6.45) is 73.1. The van der Waals surface area contributed by atoms with Crippen molar-refractivity contribution >= 4 is 17.9 Å². The van der Waals surface area contributed by atoms with Crippen LogP contribution in [0, 0.1) is 0 Å². The quantitative estimate of drug-likeness (QED) is 0.0199. The first kappa shape index (κ1) is 65.8. The second-order valence-corrected chi connectivity index (χ2v) is 19.6. The number of hydrogen-bond donors (Lipinski definition) is 0. The third kappa shape index (κ3) is 55.6. The summed E-state index contributed by atoms with van der Waals surface area (Å²) in [5.74, 6) is -0.921. The summed E-state index contributed by atoms with van der Waals surface area (Å²) in [6.45, 7) is 6.58. The molecule has 0 heterocycles. The number of hydrogen-bond acceptors (Lipinski definition) is 6. The zero-order valence-electron chi connectivity index (χ0n) is 45.6. The lowest BCUT2D eigenvalue weighted by Gasteiger charge is -2.18. The van der Waals surface area contributed by atoms with Crippen LogP contribution in [0.3, 0.4) is 0 Å². The maximum Gasteiger partial charge on any atom is 0.306 e. The summed E-state index contributed by atoms with van der Waals surface area (Å²) in [4.78, 5) is 38.2. The highest BCUT2D eigenvalue weighted by Gasteiger charge is 2.19. The van der Waals surface area contributed by atoms with E-state index in [1.54, 1.807) is 0 Å². The lowest BCUT2D eigenvalue weighted by molar-refractivity contribution is -0.167. The highest BCUT2D eigenvalue weighted by molar-refractivity contribution is 5.71. The zero-order chi connectivity index (χ0) is 50.0. The number of ether oxygens (including phenoxy) is 3. The van der Waals surface area contributed by atoms with Crippen molar-refractivity contribution < 1.29 is 28.6 Å². The average Bonchev–Trinajstić information content (AvgIpc) is 3.35. The van der Waals surface area contributed by atoms with Crippen LogP contribution in [0.5, 0.6) is 0 Å². The van der Waals surface area contributed by atoms with Crippen molar-refractivity contribution in [2.45, 2.75) is 297 Å². The molecule has 6 heteroatoms. The van der Waals surface area contributed by atoms with Gasteiger partial charge in [0.1, 0.15) is 13.2 Å². The van der Waals surface area contributed by atoms with Crippen LogP contribution in [-0.2, 0) is 28.6 Å². The van der Waals surface area contributed by atoms with Gasteiger partial charge in [-0.2, -0.15) is 0 Å². The molecule has 0 aliphatic carbocycles. The minimum Gasteiger partial charge on any atom is -0.462 e. The molecule has 398 valence electrons. The molecule has 0 aliphatic rings. The molecule has 0 N–H and O–H groups in total. The first-order valence-corrected chi connectivity index (χ1v) is 29.5. The van der Waals surface area contributed by atoms with Crippen LogP contribution >= 0.6 is 0 Å². The van der Waals surface area contributed by atoms with Gasteiger partial charge in [-0.15, -0.1) is 0 Å². The molecule has 0 radical (unpaired) electrons. The first-order valence-electron chi connectivity index (χ1n) is 29.5. The topological polar surface area (TPSA) is 78.9 Å². The molecule has 0 aliphatic heterocycles.